The SMILES string of the molecule is CCOC(=O)C1=C(c2ccccc2)N=c2s/c(=C\c3cc(I)c(OCc4ccc(Cl)cc4)c(OC)c3)c(=O)n2[C@@H]1c1ccc(OCC)cc1. The molecule has 0 saturated carbocycles. The van der Waals surface area contributed by atoms with Crippen LogP contribution in [0.15, 0.2) is 106 Å². The molecule has 1 aliphatic heterocycles. The summed E-state index contributed by atoms with van der Waals surface area (Å²) in [6.45, 7) is 4.69. The number of thiazole rings is 1. The highest BCUT2D eigenvalue weighted by molar-refractivity contribution is 14.1. The minimum atomic E-state index is -0.790. The number of carbonyl (C=O) groups is 1. The van der Waals surface area contributed by atoms with E-state index >= 15 is 0 Å². The minimum absolute atomic E-state index is 0.171. The van der Waals surface area contributed by atoms with Crippen LogP contribution in [0.3, 0.4) is 0 Å². The third-order valence-corrected chi connectivity index (χ3v) is 9.76. The van der Waals surface area contributed by atoms with Gasteiger partial charge in [-0.2, -0.15) is 0 Å². The molecule has 1 aromatic heterocycles. The second-order valence-electron chi connectivity index (χ2n) is 10.9. The van der Waals surface area contributed by atoms with E-state index in [1.54, 1.807) is 18.6 Å². The molecule has 5 aromatic rings. The maximum absolute atomic E-state index is 14.3. The van der Waals surface area contributed by atoms with E-state index < -0.39 is 12.0 Å². The summed E-state index contributed by atoms with van der Waals surface area (Å²) in [5.41, 5.74) is 3.64. The summed E-state index contributed by atoms with van der Waals surface area (Å²) in [5.74, 6) is 1.28. The molecule has 49 heavy (non-hydrogen) atoms. The normalized spacial score (nSPS) is 14.2. The van der Waals surface area contributed by atoms with Gasteiger partial charge in [0.15, 0.2) is 16.3 Å². The van der Waals surface area contributed by atoms with E-state index in [-0.39, 0.29) is 17.7 Å². The van der Waals surface area contributed by atoms with Gasteiger partial charge in [0.2, 0.25) is 0 Å². The summed E-state index contributed by atoms with van der Waals surface area (Å²) in [5, 5.41) is 0.657. The molecule has 0 saturated heterocycles. The average molecular weight is 807 g/mol. The van der Waals surface area contributed by atoms with Crippen LogP contribution in [0.1, 0.15) is 42.1 Å². The van der Waals surface area contributed by atoms with Crippen LogP contribution in [0, 0.1) is 3.57 Å². The number of rotatable bonds is 11. The molecule has 11 heteroatoms. The number of fused-ring (bicyclic) bond motifs is 1. The summed E-state index contributed by atoms with van der Waals surface area (Å²) in [6, 6.07) is 27.3. The molecule has 0 radical (unpaired) electrons. The van der Waals surface area contributed by atoms with Crippen molar-refractivity contribution >= 4 is 63.3 Å². The molecule has 6 rings (SSSR count). The van der Waals surface area contributed by atoms with Crippen molar-refractivity contribution in [2.75, 3.05) is 20.3 Å². The summed E-state index contributed by atoms with van der Waals surface area (Å²) < 4.78 is 26.0. The molecule has 0 fully saturated rings. The summed E-state index contributed by atoms with van der Waals surface area (Å²) in [4.78, 5) is 33.5. The van der Waals surface area contributed by atoms with Crippen LogP contribution in [0.2, 0.25) is 5.02 Å². The first kappa shape index (κ1) is 34.5. The lowest BCUT2D eigenvalue weighted by molar-refractivity contribution is -0.138. The van der Waals surface area contributed by atoms with E-state index in [1.807, 2.05) is 104 Å². The van der Waals surface area contributed by atoms with Gasteiger partial charge in [-0.1, -0.05) is 77.5 Å². The molecular formula is C38H32ClIN2O6S. The molecule has 0 spiro atoms. The molecular weight excluding hydrogens is 775 g/mol. The number of ether oxygens (including phenoxy) is 4. The van der Waals surface area contributed by atoms with Crippen molar-refractivity contribution in [3.05, 3.63) is 147 Å². The summed E-state index contributed by atoms with van der Waals surface area (Å²) in [6.07, 6.45) is 1.81. The number of hydrogen-bond donors (Lipinski definition) is 0. The number of hydrogen-bond acceptors (Lipinski definition) is 8. The van der Waals surface area contributed by atoms with Crippen molar-refractivity contribution in [1.29, 1.82) is 0 Å². The zero-order valence-corrected chi connectivity index (χ0v) is 30.7. The van der Waals surface area contributed by atoms with Crippen molar-refractivity contribution in [2.24, 2.45) is 4.99 Å². The second-order valence-corrected chi connectivity index (χ2v) is 13.5. The fourth-order valence-corrected chi connectivity index (χ4v) is 7.43. The number of nitrogens with zero attached hydrogens (tertiary/aromatic N) is 2. The molecule has 0 bridgehead atoms. The van der Waals surface area contributed by atoms with Crippen LogP contribution in [0.5, 0.6) is 17.2 Å². The number of benzene rings is 4. The van der Waals surface area contributed by atoms with Crippen LogP contribution in [-0.2, 0) is 16.1 Å². The van der Waals surface area contributed by atoms with Gasteiger partial charge in [-0.05, 0) is 95.6 Å². The zero-order chi connectivity index (χ0) is 34.5. The highest BCUT2D eigenvalue weighted by atomic mass is 127. The van der Waals surface area contributed by atoms with Gasteiger partial charge in [0.05, 0.1) is 45.7 Å². The van der Waals surface area contributed by atoms with Gasteiger partial charge >= 0.3 is 5.97 Å². The predicted octanol–water partition coefficient (Wildman–Crippen LogP) is 7.18. The molecule has 0 unspecified atom stereocenters. The Morgan fingerprint density at radius 3 is 2.39 bits per heavy atom. The lowest BCUT2D eigenvalue weighted by atomic mass is 9.93. The Hall–Kier alpha value is -4.39. The van der Waals surface area contributed by atoms with E-state index in [1.165, 1.54) is 11.3 Å². The van der Waals surface area contributed by atoms with Crippen molar-refractivity contribution < 1.29 is 23.7 Å². The Morgan fingerprint density at radius 2 is 1.71 bits per heavy atom. The van der Waals surface area contributed by atoms with Crippen LogP contribution in [0.25, 0.3) is 11.8 Å². The van der Waals surface area contributed by atoms with E-state index in [9.17, 15) is 9.59 Å². The van der Waals surface area contributed by atoms with Crippen molar-refractivity contribution in [3.63, 3.8) is 0 Å². The third-order valence-electron chi connectivity index (χ3n) is 7.73. The van der Waals surface area contributed by atoms with E-state index in [4.69, 9.17) is 35.5 Å². The maximum Gasteiger partial charge on any atom is 0.338 e. The maximum atomic E-state index is 14.3. The van der Waals surface area contributed by atoms with Gasteiger partial charge in [0, 0.05) is 10.6 Å². The average Bonchev–Trinajstić information content (AvgIpc) is 3.42. The molecule has 4 aromatic carbocycles. The van der Waals surface area contributed by atoms with Crippen molar-refractivity contribution in [3.8, 4) is 17.2 Å². The van der Waals surface area contributed by atoms with Crippen LogP contribution >= 0.6 is 45.5 Å². The Labute approximate surface area is 306 Å². The number of halogens is 2. The summed E-state index contributed by atoms with van der Waals surface area (Å²) >= 11 is 9.49. The Morgan fingerprint density at radius 1 is 0.980 bits per heavy atom. The van der Waals surface area contributed by atoms with Crippen molar-refractivity contribution in [1.82, 2.24) is 4.57 Å². The Bertz CT molecular complexity index is 2200. The third kappa shape index (κ3) is 7.46. The van der Waals surface area contributed by atoms with Gasteiger partial charge in [0.25, 0.3) is 5.56 Å². The topological polar surface area (TPSA) is 88.4 Å². The predicted molar refractivity (Wildman–Crippen MR) is 200 cm³/mol. The Balaban J connectivity index is 1.48. The van der Waals surface area contributed by atoms with Crippen LogP contribution in [-0.4, -0.2) is 30.9 Å². The number of carbonyl (C=O) groups excluding carboxylic acids is 1. The highest BCUT2D eigenvalue weighted by Gasteiger charge is 2.35. The molecule has 0 N–H and O–H groups in total. The molecule has 250 valence electrons. The second kappa shape index (κ2) is 15.4. The number of aromatic nitrogens is 1. The molecule has 0 aliphatic carbocycles. The molecule has 0 amide bonds. The monoisotopic (exact) mass is 806 g/mol. The van der Waals surface area contributed by atoms with Gasteiger partial charge in [-0.15, -0.1) is 0 Å². The minimum Gasteiger partial charge on any atom is -0.494 e. The van der Waals surface area contributed by atoms with E-state index in [2.05, 4.69) is 22.6 Å². The van der Waals surface area contributed by atoms with E-state index in [0.717, 1.165) is 25.8 Å². The smallest absolute Gasteiger partial charge is 0.338 e. The van der Waals surface area contributed by atoms with Gasteiger partial charge in [0.1, 0.15) is 12.4 Å². The Kier molecular flexibility index (Phi) is 10.9. The van der Waals surface area contributed by atoms with Gasteiger partial charge in [-0.25, -0.2) is 9.79 Å². The van der Waals surface area contributed by atoms with Gasteiger partial charge < -0.3 is 18.9 Å². The van der Waals surface area contributed by atoms with E-state index in [0.29, 0.717) is 50.5 Å². The zero-order valence-electron chi connectivity index (χ0n) is 26.9. The van der Waals surface area contributed by atoms with Crippen LogP contribution < -0.4 is 29.1 Å². The highest BCUT2D eigenvalue weighted by Crippen LogP contribution is 2.37. The first-order valence-electron chi connectivity index (χ1n) is 15.6. The summed E-state index contributed by atoms with van der Waals surface area (Å²) in [7, 11) is 1.58. The standard InChI is InChI=1S/C38H32ClIN2O6S/c1-4-46-28-17-13-26(14-18-28)34-32(37(44)47-5-2)33(25-9-7-6-8-10-25)41-38-42(34)36(43)31(49-38)21-24-19-29(40)35(30(20-24)45-3)48-22-23-11-15-27(39)16-12-23/h6-21,34H,4-5,22H2,1-3H3/b31-21-/t34-/m1/s1. The number of methoxy groups -OCH3 is 1. The largest absolute Gasteiger partial charge is 0.494 e. The van der Waals surface area contributed by atoms with Crippen LogP contribution in [0.4, 0.5) is 0 Å². The van der Waals surface area contributed by atoms with Gasteiger partial charge in [-0.3, -0.25) is 9.36 Å². The lowest BCUT2D eigenvalue weighted by Crippen LogP contribution is -2.40. The molecule has 8 nitrogen and oxygen atoms in total. The molecule has 1 aliphatic rings. The first-order chi connectivity index (χ1) is 23.8. The molecule has 1 atom stereocenters. The first-order valence-corrected chi connectivity index (χ1v) is 17.8. The fourth-order valence-electron chi connectivity index (χ4n) is 5.52. The molecule has 2 heterocycles. The number of esters is 1. The van der Waals surface area contributed by atoms with Crippen molar-refractivity contribution in [2.45, 2.75) is 26.5 Å². The fraction of sp³-hybridized carbons (Fsp3) is 0.184. The quantitative estimate of drug-likeness (QED) is 0.104. The lowest BCUT2D eigenvalue weighted by Gasteiger charge is -2.26.